The van der Waals surface area contributed by atoms with Gasteiger partial charge >= 0.3 is 0 Å². The number of aryl methyl sites for hydroxylation is 1. The van der Waals surface area contributed by atoms with Crippen LogP contribution < -0.4 is 25.5 Å². The molecule has 2 aromatic rings. The van der Waals surface area contributed by atoms with Gasteiger partial charge in [0.05, 0.1) is 25.8 Å². The van der Waals surface area contributed by atoms with Crippen LogP contribution in [0.3, 0.4) is 0 Å². The fraction of sp³-hybridized carbons (Fsp3) is 0.318. The van der Waals surface area contributed by atoms with Crippen molar-refractivity contribution in [2.75, 3.05) is 21.3 Å². The first-order valence-electron chi connectivity index (χ1n) is 9.47. The summed E-state index contributed by atoms with van der Waals surface area (Å²) in [5, 5.41) is 16.0. The van der Waals surface area contributed by atoms with Gasteiger partial charge in [0.1, 0.15) is 0 Å². The molecule has 1 aliphatic carbocycles. The van der Waals surface area contributed by atoms with Crippen LogP contribution in [0.2, 0.25) is 0 Å². The molecule has 0 fully saturated rings. The lowest BCUT2D eigenvalue weighted by Gasteiger charge is -2.18. The molecule has 0 spiro atoms. The third-order valence-corrected chi connectivity index (χ3v) is 5.20. The monoisotopic (exact) mass is 412 g/mol. The highest BCUT2D eigenvalue weighted by Gasteiger charge is 2.29. The topological polar surface area (TPSA) is 114 Å². The van der Waals surface area contributed by atoms with Crippen molar-refractivity contribution < 1.29 is 24.2 Å². The number of carbonyl (C=O) groups excluding carboxylic acids is 2. The molecule has 0 heterocycles. The van der Waals surface area contributed by atoms with Gasteiger partial charge in [-0.15, -0.1) is 0 Å². The number of benzene rings is 1. The molecule has 0 saturated carbocycles. The maximum Gasteiger partial charge on any atom is 0.254 e. The van der Waals surface area contributed by atoms with Crippen LogP contribution in [0.4, 0.5) is 0 Å². The summed E-state index contributed by atoms with van der Waals surface area (Å²) in [6, 6.07) is 5.73. The van der Waals surface area contributed by atoms with Crippen LogP contribution in [0.15, 0.2) is 29.1 Å². The summed E-state index contributed by atoms with van der Waals surface area (Å²) in [4.78, 5) is 36.8. The number of aromatic hydroxyl groups is 1. The SMILES string of the molecule is CNC(=O)c1ccc2c(cc1=O)[C@@H](NC(C)=O)CCc1cc(OC)c(O)c(OC)c1-2. The zero-order valence-electron chi connectivity index (χ0n) is 17.3. The average Bonchev–Trinajstić information content (AvgIpc) is 2.96. The van der Waals surface area contributed by atoms with Crippen LogP contribution in [0, 0.1) is 0 Å². The largest absolute Gasteiger partial charge is 0.502 e. The van der Waals surface area contributed by atoms with Crippen LogP contribution in [-0.4, -0.2) is 38.2 Å². The third kappa shape index (κ3) is 3.68. The molecule has 0 saturated heterocycles. The Balaban J connectivity index is 2.41. The Bertz CT molecular complexity index is 1080. The van der Waals surface area contributed by atoms with Crippen molar-refractivity contribution in [3.8, 4) is 28.4 Å². The summed E-state index contributed by atoms with van der Waals surface area (Å²) in [5.41, 5.74) is 2.07. The maximum absolute atomic E-state index is 12.8. The lowest BCUT2D eigenvalue weighted by atomic mass is 9.95. The molecule has 0 aromatic heterocycles. The van der Waals surface area contributed by atoms with Crippen molar-refractivity contribution in [2.45, 2.75) is 25.8 Å². The van der Waals surface area contributed by atoms with E-state index in [1.807, 2.05) is 0 Å². The van der Waals surface area contributed by atoms with Gasteiger partial charge in [-0.25, -0.2) is 0 Å². The predicted molar refractivity (Wildman–Crippen MR) is 111 cm³/mol. The first kappa shape index (κ1) is 21.2. The van der Waals surface area contributed by atoms with E-state index in [1.54, 1.807) is 12.1 Å². The van der Waals surface area contributed by atoms with Crippen molar-refractivity contribution in [1.82, 2.24) is 10.6 Å². The number of hydrogen-bond acceptors (Lipinski definition) is 6. The molecule has 0 radical (unpaired) electrons. The van der Waals surface area contributed by atoms with Gasteiger partial charge in [0.2, 0.25) is 11.7 Å². The highest BCUT2D eigenvalue weighted by atomic mass is 16.5. The molecule has 158 valence electrons. The van der Waals surface area contributed by atoms with Gasteiger partial charge in [-0.1, -0.05) is 6.07 Å². The molecule has 3 N–H and O–H groups in total. The first-order chi connectivity index (χ1) is 14.3. The Morgan fingerprint density at radius 3 is 2.50 bits per heavy atom. The normalized spacial score (nSPS) is 14.6. The quantitative estimate of drug-likeness (QED) is 0.707. The zero-order chi connectivity index (χ0) is 22.0. The van der Waals surface area contributed by atoms with Gasteiger partial charge < -0.3 is 25.2 Å². The number of carbonyl (C=O) groups is 2. The molecule has 0 bridgehead atoms. The van der Waals surface area contributed by atoms with E-state index in [0.29, 0.717) is 29.5 Å². The molecule has 1 aliphatic rings. The number of fused-ring (bicyclic) bond motifs is 3. The van der Waals surface area contributed by atoms with Crippen molar-refractivity contribution >= 4 is 11.8 Å². The fourth-order valence-electron chi connectivity index (χ4n) is 3.85. The van der Waals surface area contributed by atoms with E-state index in [0.717, 1.165) is 5.56 Å². The van der Waals surface area contributed by atoms with E-state index >= 15 is 0 Å². The molecule has 1 atom stereocenters. The molecule has 8 nitrogen and oxygen atoms in total. The number of ether oxygens (including phenoxy) is 2. The first-order valence-corrected chi connectivity index (χ1v) is 9.47. The van der Waals surface area contributed by atoms with Gasteiger partial charge in [-0.2, -0.15) is 0 Å². The van der Waals surface area contributed by atoms with E-state index in [1.165, 1.54) is 40.3 Å². The van der Waals surface area contributed by atoms with E-state index in [9.17, 15) is 19.5 Å². The fourth-order valence-corrected chi connectivity index (χ4v) is 3.85. The van der Waals surface area contributed by atoms with E-state index in [2.05, 4.69) is 10.6 Å². The lowest BCUT2D eigenvalue weighted by molar-refractivity contribution is -0.119. The second-order valence-electron chi connectivity index (χ2n) is 6.99. The molecule has 0 unspecified atom stereocenters. The van der Waals surface area contributed by atoms with Crippen LogP contribution in [0.25, 0.3) is 11.1 Å². The standard InChI is InChI=1S/C22H24N2O6/c1-11(25)24-16-8-5-12-9-18(29-3)20(27)21(30-4)19(12)13-6-7-14(22(28)23-2)17(26)10-15(13)16/h6-7,9-10,16,27H,5,8H2,1-4H3,(H,23,28)(H,24,25)/t16-/m0/s1. The number of nitrogens with one attached hydrogen (secondary N) is 2. The van der Waals surface area contributed by atoms with Gasteiger partial charge in [-0.3, -0.25) is 14.4 Å². The summed E-state index contributed by atoms with van der Waals surface area (Å²) in [7, 11) is 4.33. The molecular formula is C22H24N2O6. The summed E-state index contributed by atoms with van der Waals surface area (Å²) in [5.74, 6) is -0.445. The van der Waals surface area contributed by atoms with Crippen LogP contribution in [-0.2, 0) is 11.2 Å². The van der Waals surface area contributed by atoms with Crippen molar-refractivity contribution in [3.63, 3.8) is 0 Å². The zero-order valence-corrected chi connectivity index (χ0v) is 17.3. The van der Waals surface area contributed by atoms with E-state index in [-0.39, 0.29) is 28.7 Å². The number of methoxy groups -OCH3 is 2. The Morgan fingerprint density at radius 1 is 1.17 bits per heavy atom. The van der Waals surface area contributed by atoms with Gasteiger partial charge in [0.25, 0.3) is 5.91 Å². The number of amides is 2. The molecular weight excluding hydrogens is 388 g/mol. The molecule has 3 rings (SSSR count). The second-order valence-corrected chi connectivity index (χ2v) is 6.99. The molecule has 2 amide bonds. The summed E-state index contributed by atoms with van der Waals surface area (Å²) in [6.45, 7) is 1.41. The number of rotatable bonds is 4. The van der Waals surface area contributed by atoms with E-state index < -0.39 is 17.4 Å². The van der Waals surface area contributed by atoms with Gasteiger partial charge in [-0.05, 0) is 47.7 Å². The number of hydrogen-bond donors (Lipinski definition) is 3. The van der Waals surface area contributed by atoms with Crippen LogP contribution in [0.5, 0.6) is 17.2 Å². The minimum atomic E-state index is -0.508. The average molecular weight is 412 g/mol. The minimum absolute atomic E-state index is 0.0228. The van der Waals surface area contributed by atoms with Crippen LogP contribution >= 0.6 is 0 Å². The Labute approximate surface area is 173 Å². The maximum atomic E-state index is 12.8. The second kappa shape index (κ2) is 8.44. The summed E-state index contributed by atoms with van der Waals surface area (Å²) in [6.07, 6.45) is 1.05. The van der Waals surface area contributed by atoms with Crippen molar-refractivity contribution in [3.05, 3.63) is 51.2 Å². The van der Waals surface area contributed by atoms with Crippen molar-refractivity contribution in [1.29, 1.82) is 0 Å². The lowest BCUT2D eigenvalue weighted by Crippen LogP contribution is -2.27. The Kier molecular flexibility index (Phi) is 5.96. The van der Waals surface area contributed by atoms with Gasteiger partial charge in [0.15, 0.2) is 16.9 Å². The summed E-state index contributed by atoms with van der Waals surface area (Å²) >= 11 is 0. The third-order valence-electron chi connectivity index (χ3n) is 5.20. The summed E-state index contributed by atoms with van der Waals surface area (Å²) < 4.78 is 10.8. The number of phenols is 1. The Hall–Kier alpha value is -3.55. The predicted octanol–water partition coefficient (Wildman–Crippen LogP) is 1.92. The molecule has 0 aliphatic heterocycles. The van der Waals surface area contributed by atoms with Crippen molar-refractivity contribution in [2.24, 2.45) is 0 Å². The van der Waals surface area contributed by atoms with Gasteiger partial charge in [0, 0.05) is 19.5 Å². The Morgan fingerprint density at radius 2 is 1.90 bits per heavy atom. The smallest absolute Gasteiger partial charge is 0.254 e. The highest BCUT2D eigenvalue weighted by Crippen LogP contribution is 2.49. The van der Waals surface area contributed by atoms with E-state index in [4.69, 9.17) is 9.47 Å². The molecule has 2 aromatic carbocycles. The molecule has 8 heteroatoms. The highest BCUT2D eigenvalue weighted by molar-refractivity contribution is 5.94. The number of phenolic OH excluding ortho intramolecular Hbond substituents is 1. The minimum Gasteiger partial charge on any atom is -0.502 e. The van der Waals surface area contributed by atoms with Crippen LogP contribution in [0.1, 0.15) is 40.9 Å². The molecule has 30 heavy (non-hydrogen) atoms.